The van der Waals surface area contributed by atoms with Crippen LogP contribution in [0.25, 0.3) is 34.4 Å². The summed E-state index contributed by atoms with van der Waals surface area (Å²) in [7, 11) is 17.4. The Kier molecular flexibility index (Phi) is 13.8. The first-order valence-corrected chi connectivity index (χ1v) is 35.7. The molecule has 4 aromatic carbocycles. The third-order valence-electron chi connectivity index (χ3n) is 11.9. The molecule has 4 nitrogen and oxygen atoms in total. The van der Waals surface area contributed by atoms with E-state index in [1.165, 1.54) is 24.3 Å². The molecule has 14 heteroatoms. The van der Waals surface area contributed by atoms with Gasteiger partial charge in [-0.1, -0.05) is 0 Å². The predicted molar refractivity (Wildman–Crippen MR) is 229 cm³/mol. The molecule has 0 fully saturated rings. The normalized spacial score (nSPS) is 16.9. The summed E-state index contributed by atoms with van der Waals surface area (Å²) in [5, 5.41) is 6.09. The van der Waals surface area contributed by atoms with Gasteiger partial charge in [0, 0.05) is 0 Å². The van der Waals surface area contributed by atoms with Gasteiger partial charge in [0.25, 0.3) is 0 Å². The van der Waals surface area contributed by atoms with E-state index in [-0.39, 0.29) is 24.0 Å². The molecule has 0 spiro atoms. The molecule has 6 rings (SSSR count). The van der Waals surface area contributed by atoms with Crippen LogP contribution < -0.4 is 10.5 Å². The zero-order valence-corrected chi connectivity index (χ0v) is 39.1. The maximum atomic E-state index is 14.6. The van der Waals surface area contributed by atoms with Gasteiger partial charge < -0.3 is 0 Å². The molecule has 4 aromatic rings. The number of fused-ring (bicyclic) bond motifs is 2. The van der Waals surface area contributed by atoms with Gasteiger partial charge in [-0.15, -0.1) is 0 Å². The number of unbranched alkanes of at least 4 members (excludes halogenated alkanes) is 2. The van der Waals surface area contributed by atoms with Crippen LogP contribution in [0, 0.1) is 0 Å². The molecule has 60 heavy (non-hydrogen) atoms. The average Bonchev–Trinajstić information content (AvgIpc) is 3.81. The van der Waals surface area contributed by atoms with Crippen molar-refractivity contribution in [2.75, 3.05) is 0 Å². The number of rotatable bonds is 15. The van der Waals surface area contributed by atoms with Crippen LogP contribution in [0.5, 0.6) is 0 Å². The predicted octanol–water partition coefficient (Wildman–Crippen LogP) is 14.0. The van der Waals surface area contributed by atoms with E-state index in [0.717, 1.165) is 36.1 Å². The van der Waals surface area contributed by atoms with Gasteiger partial charge in [0.1, 0.15) is 0 Å². The monoisotopic (exact) mass is 1040 g/mol. The van der Waals surface area contributed by atoms with Gasteiger partial charge in [0.15, 0.2) is 0 Å². The first kappa shape index (κ1) is 45.9. The van der Waals surface area contributed by atoms with Gasteiger partial charge in [0.2, 0.25) is 0 Å². The number of hydrogen-bond acceptors (Lipinski definition) is 2. The summed E-state index contributed by atoms with van der Waals surface area (Å²) in [5.41, 5.74) is 2.74. The number of carbonyl (C=O) groups excluding carboxylic acids is 2. The van der Waals surface area contributed by atoms with E-state index >= 15 is 0 Å². The first-order chi connectivity index (χ1) is 28.4. The van der Waals surface area contributed by atoms with Gasteiger partial charge in [-0.3, -0.25) is 0 Å². The van der Waals surface area contributed by atoms with E-state index in [1.807, 2.05) is 38.1 Å². The summed E-state index contributed by atoms with van der Waals surface area (Å²) in [4.78, 5) is 27.3. The standard InChI is InChI=1S/2C20H18F3.C6H11BN2O2.2ClH.Hf/c2*1-2-3-7-14-12-15-8-6-10-16(18(15)13-14)17-9-4-5-11-19(17)20(21,22)23;1-3-5(10)8-7-9-6(11)4-2;;;/h2*4-6,8-13H,2-3,7H2,1H3;3-4H2,1-2H3,(H-,8,9,10,11);2*1H;/q;;;;;+1/p-1. The first-order valence-electron chi connectivity index (χ1n) is 20.6. The van der Waals surface area contributed by atoms with Gasteiger partial charge in [-0.25, -0.2) is 0 Å². The summed E-state index contributed by atoms with van der Waals surface area (Å²) in [6, 6.07) is 21.0. The van der Waals surface area contributed by atoms with Crippen molar-refractivity contribution < 1.29 is 51.8 Å². The van der Waals surface area contributed by atoms with E-state index in [1.54, 1.807) is 50.2 Å². The van der Waals surface area contributed by atoms with E-state index in [9.17, 15) is 35.9 Å². The Morgan fingerprint density at radius 2 is 0.950 bits per heavy atom. The summed E-state index contributed by atoms with van der Waals surface area (Å²) in [6.07, 6.45) is -1.69. The molecule has 0 heterocycles. The number of hydrogen-bond donors (Lipinski definition) is 2. The molecule has 317 valence electrons. The Labute approximate surface area is 356 Å². The fourth-order valence-corrected chi connectivity index (χ4v) is 38.9. The zero-order valence-electron chi connectivity index (χ0n) is 34.0. The number of nitrogens with one attached hydrogen (secondary N) is 2. The molecule has 2 amide bonds. The number of carbonyl (C=O) groups is 2. The molecular formula is C46H48BCl2F6HfN2O2. The SMILES string of the molecule is CCCCC1=Cc2c(-c3ccccc3C(F)(F)F)cccc2[CH]1[Hf]([Cl])([Cl])([B](NC(=O)CC)NC(=O)CC)[CH]1C(CCCC)=Cc2c(-c3ccccc3C(F)(F)F)cccc21. The van der Waals surface area contributed by atoms with Crippen LogP contribution in [0.4, 0.5) is 26.3 Å². The van der Waals surface area contributed by atoms with Gasteiger partial charge >= 0.3 is 358 Å². The number of alkyl halides is 6. The minimum absolute atomic E-state index is 0.0217. The fraction of sp³-hybridized carbons (Fsp3) is 0.348. The molecule has 0 bridgehead atoms. The van der Waals surface area contributed by atoms with Crippen LogP contribution >= 0.6 is 17.2 Å². The van der Waals surface area contributed by atoms with Crippen molar-refractivity contribution in [1.29, 1.82) is 0 Å². The summed E-state index contributed by atoms with van der Waals surface area (Å²) in [6.45, 7) is 7.35. The molecule has 2 aliphatic carbocycles. The Hall–Kier alpha value is -3.60. The van der Waals surface area contributed by atoms with Crippen molar-refractivity contribution in [2.24, 2.45) is 0 Å². The topological polar surface area (TPSA) is 58.2 Å². The summed E-state index contributed by atoms with van der Waals surface area (Å²) in [5.74, 6) is -0.868. The molecule has 0 saturated heterocycles. The van der Waals surface area contributed by atoms with Crippen LogP contribution in [0.15, 0.2) is 96.1 Å². The second-order valence-electron chi connectivity index (χ2n) is 15.7. The number of halogens is 8. The number of amides is 2. The van der Waals surface area contributed by atoms with Crippen molar-refractivity contribution in [3.8, 4) is 22.3 Å². The van der Waals surface area contributed by atoms with Crippen molar-refractivity contribution >= 4 is 45.7 Å². The van der Waals surface area contributed by atoms with Crippen molar-refractivity contribution in [2.45, 2.75) is 98.8 Å². The number of benzene rings is 4. The second-order valence-corrected chi connectivity index (χ2v) is 46.1. The van der Waals surface area contributed by atoms with E-state index in [2.05, 4.69) is 10.5 Å². The van der Waals surface area contributed by atoms with E-state index in [4.69, 9.17) is 17.2 Å². The molecule has 0 aliphatic heterocycles. The fourth-order valence-electron chi connectivity index (χ4n) is 9.16. The van der Waals surface area contributed by atoms with Crippen LogP contribution in [0.1, 0.15) is 120 Å². The Bertz CT molecular complexity index is 2190. The quantitative estimate of drug-likeness (QED) is 0.0921. The van der Waals surface area contributed by atoms with Crippen LogP contribution in [-0.2, 0) is 37.8 Å². The molecule has 2 atom stereocenters. The molecule has 0 radical (unpaired) electrons. The van der Waals surface area contributed by atoms with E-state index < -0.39 is 63.1 Å². The molecular weight excluding hydrogens is 987 g/mol. The van der Waals surface area contributed by atoms with Crippen molar-refractivity contribution in [3.63, 3.8) is 0 Å². The zero-order chi connectivity index (χ0) is 43.6. The molecule has 2 N–H and O–H groups in total. The molecule has 0 saturated carbocycles. The van der Waals surface area contributed by atoms with Crippen molar-refractivity contribution in [1.82, 2.24) is 10.5 Å². The number of allylic oxidation sites excluding steroid dienone is 2. The van der Waals surface area contributed by atoms with Crippen molar-refractivity contribution in [3.05, 3.63) is 129 Å². The Balaban J connectivity index is 1.73. The Morgan fingerprint density at radius 3 is 1.30 bits per heavy atom. The Morgan fingerprint density at radius 1 is 0.583 bits per heavy atom. The third kappa shape index (κ3) is 8.59. The third-order valence-corrected chi connectivity index (χ3v) is 40.4. The summed E-state index contributed by atoms with van der Waals surface area (Å²) >= 11 is -6.69. The molecule has 2 unspecified atom stereocenters. The van der Waals surface area contributed by atoms with Gasteiger partial charge in [-0.2, -0.15) is 0 Å². The van der Waals surface area contributed by atoms with Crippen LogP contribution in [-0.4, -0.2) is 16.4 Å². The minimum atomic E-state index is -6.69. The van der Waals surface area contributed by atoms with Crippen LogP contribution in [0.3, 0.4) is 0 Å². The molecule has 2 aliphatic rings. The average molecular weight is 1040 g/mol. The summed E-state index contributed by atoms with van der Waals surface area (Å²) < 4.78 is 84.7. The van der Waals surface area contributed by atoms with Crippen LogP contribution in [0.2, 0.25) is 0 Å². The van der Waals surface area contributed by atoms with Gasteiger partial charge in [-0.05, 0) is 0 Å². The maximum absolute atomic E-state index is 14.6. The van der Waals surface area contributed by atoms with E-state index in [0.29, 0.717) is 59.1 Å². The molecule has 0 aromatic heterocycles. The second kappa shape index (κ2) is 18.0. The van der Waals surface area contributed by atoms with Gasteiger partial charge in [0.05, 0.1) is 0 Å².